The molecule has 0 spiro atoms. The monoisotopic (exact) mass is 342 g/mol. The van der Waals surface area contributed by atoms with Crippen LogP contribution in [0.2, 0.25) is 5.02 Å². The van der Waals surface area contributed by atoms with Crippen molar-refractivity contribution in [1.29, 1.82) is 0 Å². The van der Waals surface area contributed by atoms with Crippen LogP contribution >= 0.6 is 11.6 Å². The zero-order valence-corrected chi connectivity index (χ0v) is 13.7. The average Bonchev–Trinajstić information content (AvgIpc) is 2.92. The predicted octanol–water partition coefficient (Wildman–Crippen LogP) is 3.78. The zero-order chi connectivity index (χ0) is 17.3. The fourth-order valence-corrected chi connectivity index (χ4v) is 3.21. The second-order valence-corrected chi connectivity index (χ2v) is 5.86. The van der Waals surface area contributed by atoms with E-state index in [1.54, 1.807) is 61.5 Å². The molecule has 5 heteroatoms. The van der Waals surface area contributed by atoms with Gasteiger partial charge in [0.1, 0.15) is 0 Å². The van der Waals surface area contributed by atoms with E-state index in [9.17, 15) is 14.7 Å². The van der Waals surface area contributed by atoms with Crippen molar-refractivity contribution in [3.63, 3.8) is 0 Å². The minimum absolute atomic E-state index is 0.101. The summed E-state index contributed by atoms with van der Waals surface area (Å²) in [6, 6.07) is 13.7. The van der Waals surface area contributed by atoms with E-state index in [2.05, 4.69) is 0 Å². The Morgan fingerprint density at radius 2 is 1.79 bits per heavy atom. The summed E-state index contributed by atoms with van der Waals surface area (Å²) in [5, 5.41) is 10.6. The van der Waals surface area contributed by atoms with Gasteiger partial charge >= 0.3 is 11.9 Å². The Morgan fingerprint density at radius 1 is 1.12 bits per heavy atom. The van der Waals surface area contributed by atoms with Crippen molar-refractivity contribution < 1.29 is 19.4 Å². The molecule has 1 aliphatic carbocycles. The third-order valence-electron chi connectivity index (χ3n) is 4.13. The first-order valence-corrected chi connectivity index (χ1v) is 7.87. The number of rotatable bonds is 4. The van der Waals surface area contributed by atoms with Gasteiger partial charge < -0.3 is 9.84 Å². The minimum atomic E-state index is -1.87. The van der Waals surface area contributed by atoms with Crippen LogP contribution in [-0.4, -0.2) is 23.7 Å². The van der Waals surface area contributed by atoms with Gasteiger partial charge in [-0.25, -0.2) is 0 Å². The maximum absolute atomic E-state index is 12.8. The number of benzene rings is 2. The van der Waals surface area contributed by atoms with Crippen LogP contribution in [0.5, 0.6) is 0 Å². The van der Waals surface area contributed by atoms with Crippen LogP contribution in [0.4, 0.5) is 0 Å². The summed E-state index contributed by atoms with van der Waals surface area (Å²) in [5.74, 6) is -2.05. The van der Waals surface area contributed by atoms with Gasteiger partial charge in [0.25, 0.3) is 0 Å². The molecule has 0 saturated carbocycles. The predicted molar refractivity (Wildman–Crippen MR) is 91.7 cm³/mol. The quantitative estimate of drug-likeness (QED) is 0.678. The number of halogens is 1. The van der Waals surface area contributed by atoms with Gasteiger partial charge in [0.05, 0.1) is 6.61 Å². The summed E-state index contributed by atoms with van der Waals surface area (Å²) in [5.41, 5.74) is 0.233. The Labute approximate surface area is 144 Å². The van der Waals surface area contributed by atoms with Gasteiger partial charge in [-0.3, -0.25) is 9.59 Å². The molecule has 1 aliphatic rings. The van der Waals surface area contributed by atoms with Crippen molar-refractivity contribution in [3.05, 3.63) is 70.2 Å². The molecular formula is C19H15ClO4. The number of hydrogen-bond acceptors (Lipinski definition) is 3. The first kappa shape index (κ1) is 16.3. The molecule has 3 rings (SSSR count). The minimum Gasteiger partial charge on any atom is -0.480 e. The highest BCUT2D eigenvalue weighted by atomic mass is 35.5. The number of ether oxygens (including phenoxy) is 1. The number of carboxylic acid groups (broad SMARTS) is 1. The number of esters is 1. The summed E-state index contributed by atoms with van der Waals surface area (Å²) >= 11 is 5.93. The highest BCUT2D eigenvalue weighted by Crippen LogP contribution is 2.48. The van der Waals surface area contributed by atoms with Crippen LogP contribution in [0.1, 0.15) is 23.6 Å². The van der Waals surface area contributed by atoms with Crippen molar-refractivity contribution in [2.45, 2.75) is 12.3 Å². The van der Waals surface area contributed by atoms with Gasteiger partial charge in [-0.15, -0.1) is 0 Å². The largest absolute Gasteiger partial charge is 0.480 e. The normalized spacial score (nSPS) is 18.7. The number of fused-ring (bicyclic) bond motifs is 1. The Bertz CT molecular complexity index is 839. The van der Waals surface area contributed by atoms with Crippen LogP contribution in [0.25, 0.3) is 11.6 Å². The Balaban J connectivity index is 2.28. The topological polar surface area (TPSA) is 63.6 Å². The zero-order valence-electron chi connectivity index (χ0n) is 13.0. The maximum atomic E-state index is 12.8. The number of carbonyl (C=O) groups is 2. The van der Waals surface area contributed by atoms with Gasteiger partial charge in [-0.05, 0) is 47.4 Å². The van der Waals surface area contributed by atoms with Crippen molar-refractivity contribution in [3.8, 4) is 0 Å². The Kier molecular flexibility index (Phi) is 4.16. The highest BCUT2D eigenvalue weighted by Gasteiger charge is 2.56. The van der Waals surface area contributed by atoms with Crippen LogP contribution in [-0.2, 0) is 19.7 Å². The molecule has 4 nitrogen and oxygen atoms in total. The summed E-state index contributed by atoms with van der Waals surface area (Å²) < 4.78 is 5.14. The van der Waals surface area contributed by atoms with Crippen molar-refractivity contribution >= 4 is 35.2 Å². The summed E-state index contributed by atoms with van der Waals surface area (Å²) in [7, 11) is 0. The van der Waals surface area contributed by atoms with E-state index in [4.69, 9.17) is 16.3 Å². The van der Waals surface area contributed by atoms with Crippen LogP contribution in [0, 0.1) is 0 Å². The van der Waals surface area contributed by atoms with Gasteiger partial charge in [-0.1, -0.05) is 48.0 Å². The second-order valence-electron chi connectivity index (χ2n) is 5.43. The smallest absolute Gasteiger partial charge is 0.332 e. The highest BCUT2D eigenvalue weighted by molar-refractivity contribution is 6.30. The number of carboxylic acids is 1. The van der Waals surface area contributed by atoms with Crippen molar-refractivity contribution in [2.75, 3.05) is 6.61 Å². The summed E-state index contributed by atoms with van der Waals surface area (Å²) in [4.78, 5) is 25.0. The molecule has 0 fully saturated rings. The maximum Gasteiger partial charge on any atom is 0.332 e. The first-order chi connectivity index (χ1) is 11.5. The molecule has 2 aromatic rings. The van der Waals surface area contributed by atoms with E-state index in [0.29, 0.717) is 27.3 Å². The molecule has 0 aliphatic heterocycles. The van der Waals surface area contributed by atoms with Gasteiger partial charge in [-0.2, -0.15) is 0 Å². The number of hydrogen-bond donors (Lipinski definition) is 1. The van der Waals surface area contributed by atoms with E-state index < -0.39 is 17.4 Å². The fourth-order valence-electron chi connectivity index (χ4n) is 3.08. The number of carbonyl (C=O) groups excluding carboxylic acids is 1. The van der Waals surface area contributed by atoms with E-state index in [1.165, 1.54) is 0 Å². The summed E-state index contributed by atoms with van der Waals surface area (Å²) in [6.45, 7) is 1.75. The third kappa shape index (κ3) is 2.31. The summed E-state index contributed by atoms with van der Waals surface area (Å²) in [6.07, 6.45) is 1.73. The van der Waals surface area contributed by atoms with Gasteiger partial charge in [0.15, 0.2) is 0 Å². The molecule has 0 heterocycles. The Morgan fingerprint density at radius 3 is 2.42 bits per heavy atom. The molecule has 1 N–H and O–H groups in total. The lowest BCUT2D eigenvalue weighted by Gasteiger charge is -2.27. The molecule has 0 radical (unpaired) electrons. The molecule has 0 bridgehead atoms. The van der Waals surface area contributed by atoms with Crippen LogP contribution < -0.4 is 0 Å². The SMILES string of the molecule is CCOC(=O)C1(C(=O)O)C(c2ccc(Cl)cc2)=Cc2ccccc21. The van der Waals surface area contributed by atoms with Crippen LogP contribution in [0.3, 0.4) is 0 Å². The van der Waals surface area contributed by atoms with Crippen molar-refractivity contribution in [1.82, 2.24) is 0 Å². The van der Waals surface area contributed by atoms with E-state index in [-0.39, 0.29) is 6.61 Å². The number of aliphatic carboxylic acids is 1. The van der Waals surface area contributed by atoms with E-state index in [1.807, 2.05) is 0 Å². The van der Waals surface area contributed by atoms with E-state index >= 15 is 0 Å². The molecule has 1 atom stereocenters. The lowest BCUT2D eigenvalue weighted by Crippen LogP contribution is -2.44. The second kappa shape index (κ2) is 6.13. The Hall–Kier alpha value is -2.59. The fraction of sp³-hybridized carbons (Fsp3) is 0.158. The molecule has 0 amide bonds. The lowest BCUT2D eigenvalue weighted by atomic mass is 9.75. The van der Waals surface area contributed by atoms with Crippen LogP contribution in [0.15, 0.2) is 48.5 Å². The first-order valence-electron chi connectivity index (χ1n) is 7.50. The molecule has 0 saturated heterocycles. The average molecular weight is 343 g/mol. The van der Waals surface area contributed by atoms with Gasteiger partial charge in [0.2, 0.25) is 5.41 Å². The third-order valence-corrected chi connectivity index (χ3v) is 4.38. The lowest BCUT2D eigenvalue weighted by molar-refractivity contribution is -0.157. The molecule has 24 heavy (non-hydrogen) atoms. The van der Waals surface area contributed by atoms with E-state index in [0.717, 1.165) is 0 Å². The molecule has 122 valence electrons. The molecule has 0 aromatic heterocycles. The molecule has 2 aromatic carbocycles. The van der Waals surface area contributed by atoms with Gasteiger partial charge in [0, 0.05) is 5.02 Å². The molecule has 1 unspecified atom stereocenters. The molecular weight excluding hydrogens is 328 g/mol. The van der Waals surface area contributed by atoms with Crippen molar-refractivity contribution in [2.24, 2.45) is 0 Å². The standard InChI is InChI=1S/C19H15ClO4/c1-2-24-18(23)19(17(21)22)15-6-4-3-5-13(15)11-16(19)12-7-9-14(20)10-8-12/h3-11H,2H2,1H3,(H,21,22).